The molecule has 1 fully saturated rings. The van der Waals surface area contributed by atoms with Crippen LogP contribution in [-0.4, -0.2) is 62.2 Å². The van der Waals surface area contributed by atoms with E-state index in [4.69, 9.17) is 14.5 Å². The molecule has 0 aliphatic carbocycles. The standard InChI is InChI=1S/C24H25N3O5S/c1-33(29,30)27-10-4-5-17(15-27)25-24(28)19-14-21(26-20-7-3-2-6-18(19)20)16-8-9-22-23(13-16)32-12-11-31-22/h2-3,6-9,13-14,17H,4-5,10-12,15H2,1H3,(H,25,28). The lowest BCUT2D eigenvalue weighted by Gasteiger charge is -2.31. The molecule has 9 heteroatoms. The molecule has 1 saturated heterocycles. The van der Waals surface area contributed by atoms with Crippen LogP contribution in [0.4, 0.5) is 0 Å². The molecule has 1 atom stereocenters. The van der Waals surface area contributed by atoms with Crippen LogP contribution in [0.15, 0.2) is 48.5 Å². The molecular weight excluding hydrogens is 442 g/mol. The highest BCUT2D eigenvalue weighted by Crippen LogP contribution is 2.35. The Morgan fingerprint density at radius 3 is 2.70 bits per heavy atom. The molecule has 1 unspecified atom stereocenters. The number of hydrogen-bond donors (Lipinski definition) is 1. The summed E-state index contributed by atoms with van der Waals surface area (Å²) in [6.45, 7) is 1.77. The maximum Gasteiger partial charge on any atom is 0.252 e. The fraction of sp³-hybridized carbons (Fsp3) is 0.333. The number of pyridine rings is 1. The van der Waals surface area contributed by atoms with Gasteiger partial charge in [0, 0.05) is 30.1 Å². The first-order chi connectivity index (χ1) is 15.9. The van der Waals surface area contributed by atoms with Gasteiger partial charge in [-0.3, -0.25) is 4.79 Å². The van der Waals surface area contributed by atoms with Crippen LogP contribution in [0.5, 0.6) is 11.5 Å². The summed E-state index contributed by atoms with van der Waals surface area (Å²) in [7, 11) is -3.29. The molecule has 0 saturated carbocycles. The van der Waals surface area contributed by atoms with Crippen molar-refractivity contribution in [3.05, 3.63) is 54.1 Å². The number of benzene rings is 2. The van der Waals surface area contributed by atoms with Gasteiger partial charge in [-0.2, -0.15) is 0 Å². The predicted molar refractivity (Wildman–Crippen MR) is 125 cm³/mol. The first-order valence-electron chi connectivity index (χ1n) is 10.9. The first kappa shape index (κ1) is 21.7. The minimum atomic E-state index is -3.29. The molecule has 1 N–H and O–H groups in total. The van der Waals surface area contributed by atoms with Gasteiger partial charge >= 0.3 is 0 Å². The predicted octanol–water partition coefficient (Wildman–Crippen LogP) is 2.83. The van der Waals surface area contributed by atoms with Crippen molar-refractivity contribution in [3.8, 4) is 22.8 Å². The van der Waals surface area contributed by atoms with Crippen LogP contribution in [0.3, 0.4) is 0 Å². The Kier molecular flexibility index (Phi) is 5.67. The van der Waals surface area contributed by atoms with E-state index in [1.807, 2.05) is 42.5 Å². The van der Waals surface area contributed by atoms with Crippen molar-refractivity contribution in [2.45, 2.75) is 18.9 Å². The lowest BCUT2D eigenvalue weighted by Crippen LogP contribution is -2.49. The monoisotopic (exact) mass is 467 g/mol. The van der Waals surface area contributed by atoms with Crippen molar-refractivity contribution < 1.29 is 22.7 Å². The van der Waals surface area contributed by atoms with E-state index in [2.05, 4.69) is 5.32 Å². The topological polar surface area (TPSA) is 97.8 Å². The number of carbonyl (C=O) groups excluding carboxylic acids is 1. The number of sulfonamides is 1. The van der Waals surface area contributed by atoms with Gasteiger partial charge in [-0.1, -0.05) is 18.2 Å². The molecular formula is C24H25N3O5S. The molecule has 1 amide bonds. The van der Waals surface area contributed by atoms with E-state index in [9.17, 15) is 13.2 Å². The van der Waals surface area contributed by atoms with Gasteiger partial charge in [0.15, 0.2) is 11.5 Å². The van der Waals surface area contributed by atoms with Gasteiger partial charge in [-0.15, -0.1) is 0 Å². The zero-order valence-corrected chi connectivity index (χ0v) is 19.1. The van der Waals surface area contributed by atoms with Gasteiger partial charge in [-0.25, -0.2) is 17.7 Å². The number of amides is 1. The molecule has 8 nitrogen and oxygen atoms in total. The molecule has 172 valence electrons. The van der Waals surface area contributed by atoms with Crippen molar-refractivity contribution in [2.75, 3.05) is 32.6 Å². The number of hydrogen-bond acceptors (Lipinski definition) is 6. The summed E-state index contributed by atoms with van der Waals surface area (Å²) < 4.78 is 36.6. The van der Waals surface area contributed by atoms with Gasteiger partial charge < -0.3 is 14.8 Å². The average molecular weight is 468 g/mol. The molecule has 33 heavy (non-hydrogen) atoms. The highest BCUT2D eigenvalue weighted by Gasteiger charge is 2.27. The fourth-order valence-electron chi connectivity index (χ4n) is 4.34. The Morgan fingerprint density at radius 2 is 1.88 bits per heavy atom. The van der Waals surface area contributed by atoms with E-state index in [1.165, 1.54) is 10.6 Å². The molecule has 2 aromatic carbocycles. The number of nitrogens with zero attached hydrogens (tertiary/aromatic N) is 2. The summed E-state index contributed by atoms with van der Waals surface area (Å²) in [5.41, 5.74) is 2.68. The minimum Gasteiger partial charge on any atom is -0.486 e. The lowest BCUT2D eigenvalue weighted by atomic mass is 10.0. The summed E-state index contributed by atoms with van der Waals surface area (Å²) >= 11 is 0. The maximum absolute atomic E-state index is 13.3. The van der Waals surface area contributed by atoms with E-state index in [0.29, 0.717) is 54.5 Å². The smallest absolute Gasteiger partial charge is 0.252 e. The van der Waals surface area contributed by atoms with E-state index in [-0.39, 0.29) is 18.5 Å². The third-order valence-corrected chi connectivity index (χ3v) is 7.26. The number of nitrogens with one attached hydrogen (secondary N) is 1. The number of para-hydroxylation sites is 1. The highest BCUT2D eigenvalue weighted by molar-refractivity contribution is 7.88. The molecule has 3 heterocycles. The second-order valence-corrected chi connectivity index (χ2v) is 10.3. The molecule has 0 bridgehead atoms. The van der Waals surface area contributed by atoms with Gasteiger partial charge in [0.1, 0.15) is 13.2 Å². The lowest BCUT2D eigenvalue weighted by molar-refractivity contribution is 0.0923. The maximum atomic E-state index is 13.3. The van der Waals surface area contributed by atoms with E-state index < -0.39 is 10.0 Å². The molecule has 2 aliphatic heterocycles. The SMILES string of the molecule is CS(=O)(=O)N1CCCC(NC(=O)c2cc(-c3ccc4c(c3)OCCO4)nc3ccccc23)C1. The summed E-state index contributed by atoms with van der Waals surface area (Å²) in [4.78, 5) is 18.1. The second-order valence-electron chi connectivity index (χ2n) is 8.36. The minimum absolute atomic E-state index is 0.243. The Balaban J connectivity index is 1.48. The summed E-state index contributed by atoms with van der Waals surface area (Å²) in [6.07, 6.45) is 2.64. The van der Waals surface area contributed by atoms with E-state index in [0.717, 1.165) is 17.4 Å². The van der Waals surface area contributed by atoms with Gasteiger partial charge in [0.05, 0.1) is 23.0 Å². The third kappa shape index (κ3) is 4.51. The van der Waals surface area contributed by atoms with Crippen LogP contribution in [0, 0.1) is 0 Å². The third-order valence-electron chi connectivity index (χ3n) is 5.99. The Morgan fingerprint density at radius 1 is 1.09 bits per heavy atom. The van der Waals surface area contributed by atoms with Crippen molar-refractivity contribution >= 4 is 26.8 Å². The van der Waals surface area contributed by atoms with E-state index in [1.54, 1.807) is 6.07 Å². The quantitative estimate of drug-likeness (QED) is 0.634. The largest absolute Gasteiger partial charge is 0.486 e. The Hall–Kier alpha value is -3.17. The number of ether oxygens (including phenoxy) is 2. The van der Waals surface area contributed by atoms with Gasteiger partial charge in [0.25, 0.3) is 5.91 Å². The number of aromatic nitrogens is 1. The Bertz CT molecular complexity index is 1320. The molecule has 0 spiro atoms. The second kappa shape index (κ2) is 8.64. The zero-order chi connectivity index (χ0) is 23.0. The molecule has 2 aliphatic rings. The van der Waals surface area contributed by atoms with Gasteiger partial charge in [0.2, 0.25) is 10.0 Å². The van der Waals surface area contributed by atoms with Crippen LogP contribution in [0.25, 0.3) is 22.2 Å². The number of carbonyl (C=O) groups is 1. The number of piperidine rings is 1. The van der Waals surface area contributed by atoms with Gasteiger partial charge in [-0.05, 0) is 43.2 Å². The van der Waals surface area contributed by atoms with Crippen molar-refractivity contribution in [2.24, 2.45) is 0 Å². The normalized spacial score (nSPS) is 18.8. The number of fused-ring (bicyclic) bond motifs is 2. The van der Waals surface area contributed by atoms with Crippen molar-refractivity contribution in [3.63, 3.8) is 0 Å². The van der Waals surface area contributed by atoms with Crippen LogP contribution in [0.1, 0.15) is 23.2 Å². The number of rotatable bonds is 4. The van der Waals surface area contributed by atoms with Crippen LogP contribution >= 0.6 is 0 Å². The molecule has 5 rings (SSSR count). The van der Waals surface area contributed by atoms with Crippen LogP contribution in [0.2, 0.25) is 0 Å². The van der Waals surface area contributed by atoms with Crippen molar-refractivity contribution in [1.29, 1.82) is 0 Å². The average Bonchev–Trinajstić information content (AvgIpc) is 2.82. The highest BCUT2D eigenvalue weighted by atomic mass is 32.2. The first-order valence-corrected chi connectivity index (χ1v) is 12.8. The summed E-state index contributed by atoms with van der Waals surface area (Å²) in [6, 6.07) is 14.7. The van der Waals surface area contributed by atoms with Crippen LogP contribution < -0.4 is 14.8 Å². The summed E-state index contributed by atoms with van der Waals surface area (Å²) in [5, 5.41) is 3.78. The molecule has 1 aromatic heterocycles. The van der Waals surface area contributed by atoms with Crippen LogP contribution in [-0.2, 0) is 10.0 Å². The molecule has 3 aromatic rings. The zero-order valence-electron chi connectivity index (χ0n) is 18.3. The van der Waals surface area contributed by atoms with Crippen molar-refractivity contribution in [1.82, 2.24) is 14.6 Å². The molecule has 0 radical (unpaired) electrons. The Labute approximate surface area is 192 Å². The summed E-state index contributed by atoms with van der Waals surface area (Å²) in [5.74, 6) is 1.10. The van der Waals surface area contributed by atoms with E-state index >= 15 is 0 Å². The fourth-order valence-corrected chi connectivity index (χ4v) is 5.25.